The summed E-state index contributed by atoms with van der Waals surface area (Å²) in [5.41, 5.74) is 4.29. The molecule has 0 saturated heterocycles. The second-order valence-corrected chi connectivity index (χ2v) is 7.47. The highest BCUT2D eigenvalue weighted by Gasteiger charge is 2.14. The third-order valence-electron chi connectivity index (χ3n) is 5.75. The van der Waals surface area contributed by atoms with Crippen LogP contribution in [0.25, 0.3) is 54.8 Å². The molecule has 0 N–H and O–H groups in total. The summed E-state index contributed by atoms with van der Waals surface area (Å²) in [5.74, 6) is 0. The molecule has 0 spiro atoms. The van der Waals surface area contributed by atoms with Crippen LogP contribution in [0.4, 0.5) is 0 Å². The first kappa shape index (κ1) is 16.9. The summed E-state index contributed by atoms with van der Waals surface area (Å²) in [6, 6.07) is 34.0. The fourth-order valence-corrected chi connectivity index (χ4v) is 4.44. The van der Waals surface area contributed by atoms with Gasteiger partial charge in [-0.3, -0.25) is 9.97 Å². The van der Waals surface area contributed by atoms with E-state index in [1.165, 1.54) is 32.3 Å². The summed E-state index contributed by atoms with van der Waals surface area (Å²) < 4.78 is 0. The summed E-state index contributed by atoms with van der Waals surface area (Å²) in [5, 5.41) is 7.39. The Morgan fingerprint density at radius 3 is 1.27 bits per heavy atom. The van der Waals surface area contributed by atoms with Gasteiger partial charge in [0.15, 0.2) is 0 Å². The van der Waals surface area contributed by atoms with E-state index in [4.69, 9.17) is 0 Å². The number of hydrogen-bond donors (Lipinski definition) is 0. The van der Waals surface area contributed by atoms with Crippen LogP contribution in [0.2, 0.25) is 0 Å². The Balaban J connectivity index is 1.86. The lowest BCUT2D eigenvalue weighted by Gasteiger charge is -2.14. The Morgan fingerprint density at radius 1 is 0.367 bits per heavy atom. The Labute approximate surface area is 174 Å². The van der Waals surface area contributed by atoms with E-state index < -0.39 is 0 Å². The standard InChI is InChI=1S/C28H18N2/c1-3-17-29-24(11-1)22-9-5-7-19-13-15-21-16-14-20-8-6-10-23(25-12-2-4-18-30-25)27(20)28(21)26(19)22/h1-18H. The molecule has 0 aliphatic rings. The minimum atomic E-state index is 0.989. The number of pyridine rings is 2. The Hall–Kier alpha value is -4.04. The molecular weight excluding hydrogens is 364 g/mol. The lowest BCUT2D eigenvalue weighted by Crippen LogP contribution is -1.90. The molecule has 0 aliphatic heterocycles. The molecule has 30 heavy (non-hydrogen) atoms. The van der Waals surface area contributed by atoms with Crippen molar-refractivity contribution in [3.8, 4) is 22.5 Å². The quantitative estimate of drug-likeness (QED) is 0.294. The van der Waals surface area contributed by atoms with E-state index in [0.717, 1.165) is 22.5 Å². The molecule has 6 aromatic rings. The van der Waals surface area contributed by atoms with Crippen molar-refractivity contribution in [2.45, 2.75) is 0 Å². The van der Waals surface area contributed by atoms with Crippen molar-refractivity contribution in [3.63, 3.8) is 0 Å². The fourth-order valence-electron chi connectivity index (χ4n) is 4.44. The maximum Gasteiger partial charge on any atom is 0.0708 e. The molecule has 0 radical (unpaired) electrons. The molecule has 2 heterocycles. The molecule has 2 heteroatoms. The molecule has 0 fully saturated rings. The molecule has 2 nitrogen and oxygen atoms in total. The van der Waals surface area contributed by atoms with Crippen LogP contribution in [0.3, 0.4) is 0 Å². The van der Waals surface area contributed by atoms with E-state index >= 15 is 0 Å². The molecule has 0 unspecified atom stereocenters. The normalized spacial score (nSPS) is 11.3. The van der Waals surface area contributed by atoms with Gasteiger partial charge in [-0.1, -0.05) is 72.8 Å². The molecule has 0 atom stereocenters. The van der Waals surface area contributed by atoms with Crippen LogP contribution in [0.15, 0.2) is 109 Å². The second-order valence-electron chi connectivity index (χ2n) is 7.47. The number of nitrogens with zero attached hydrogens (tertiary/aromatic N) is 2. The van der Waals surface area contributed by atoms with Gasteiger partial charge in [0, 0.05) is 23.5 Å². The third kappa shape index (κ3) is 2.58. The number of hydrogen-bond acceptors (Lipinski definition) is 2. The molecule has 0 saturated carbocycles. The average Bonchev–Trinajstić information content (AvgIpc) is 2.84. The predicted octanol–water partition coefficient (Wildman–Crippen LogP) is 7.27. The van der Waals surface area contributed by atoms with Gasteiger partial charge in [-0.05, 0) is 56.6 Å². The summed E-state index contributed by atoms with van der Waals surface area (Å²) in [6.07, 6.45) is 3.72. The fraction of sp³-hybridized carbons (Fsp3) is 0. The van der Waals surface area contributed by atoms with Crippen molar-refractivity contribution >= 4 is 32.3 Å². The van der Waals surface area contributed by atoms with Crippen LogP contribution in [0.5, 0.6) is 0 Å². The number of rotatable bonds is 2. The maximum atomic E-state index is 4.65. The molecule has 2 aromatic heterocycles. The van der Waals surface area contributed by atoms with Gasteiger partial charge in [-0.15, -0.1) is 0 Å². The van der Waals surface area contributed by atoms with Crippen molar-refractivity contribution < 1.29 is 0 Å². The number of aromatic nitrogens is 2. The topological polar surface area (TPSA) is 25.8 Å². The first-order chi connectivity index (χ1) is 14.9. The molecule has 0 bridgehead atoms. The molecule has 140 valence electrons. The van der Waals surface area contributed by atoms with Crippen LogP contribution < -0.4 is 0 Å². The van der Waals surface area contributed by atoms with Crippen LogP contribution >= 0.6 is 0 Å². The molecule has 6 rings (SSSR count). The van der Waals surface area contributed by atoms with Gasteiger partial charge in [0.05, 0.1) is 11.4 Å². The third-order valence-corrected chi connectivity index (χ3v) is 5.75. The monoisotopic (exact) mass is 382 g/mol. The zero-order chi connectivity index (χ0) is 19.9. The minimum Gasteiger partial charge on any atom is -0.256 e. The molecule has 0 amide bonds. The molecular formula is C28H18N2. The summed E-state index contributed by atoms with van der Waals surface area (Å²) >= 11 is 0. The molecule has 0 aliphatic carbocycles. The lowest BCUT2D eigenvalue weighted by molar-refractivity contribution is 1.33. The van der Waals surface area contributed by atoms with E-state index in [1.54, 1.807) is 0 Å². The highest BCUT2D eigenvalue weighted by atomic mass is 14.7. The van der Waals surface area contributed by atoms with E-state index in [2.05, 4.69) is 82.8 Å². The van der Waals surface area contributed by atoms with Crippen molar-refractivity contribution in [2.24, 2.45) is 0 Å². The van der Waals surface area contributed by atoms with Gasteiger partial charge in [-0.2, -0.15) is 0 Å². The van der Waals surface area contributed by atoms with Crippen molar-refractivity contribution in [2.75, 3.05) is 0 Å². The summed E-state index contributed by atoms with van der Waals surface area (Å²) in [7, 11) is 0. The first-order valence-corrected chi connectivity index (χ1v) is 10.1. The first-order valence-electron chi connectivity index (χ1n) is 10.1. The van der Waals surface area contributed by atoms with Crippen molar-refractivity contribution in [1.82, 2.24) is 9.97 Å². The van der Waals surface area contributed by atoms with Gasteiger partial charge in [0.2, 0.25) is 0 Å². The summed E-state index contributed by atoms with van der Waals surface area (Å²) in [4.78, 5) is 9.31. The van der Waals surface area contributed by atoms with E-state index in [-0.39, 0.29) is 0 Å². The largest absolute Gasteiger partial charge is 0.256 e. The van der Waals surface area contributed by atoms with Crippen LogP contribution in [0.1, 0.15) is 0 Å². The van der Waals surface area contributed by atoms with Crippen molar-refractivity contribution in [1.29, 1.82) is 0 Å². The van der Waals surface area contributed by atoms with Gasteiger partial charge in [0.1, 0.15) is 0 Å². The van der Waals surface area contributed by atoms with Gasteiger partial charge >= 0.3 is 0 Å². The highest BCUT2D eigenvalue weighted by molar-refractivity contribution is 6.26. The number of benzene rings is 4. The Morgan fingerprint density at radius 2 is 0.833 bits per heavy atom. The minimum absolute atomic E-state index is 0.989. The zero-order valence-electron chi connectivity index (χ0n) is 16.3. The van der Waals surface area contributed by atoms with Gasteiger partial charge < -0.3 is 0 Å². The van der Waals surface area contributed by atoms with Gasteiger partial charge in [-0.25, -0.2) is 0 Å². The second kappa shape index (κ2) is 6.78. The van der Waals surface area contributed by atoms with Gasteiger partial charge in [0.25, 0.3) is 0 Å². The van der Waals surface area contributed by atoms with Crippen LogP contribution in [-0.2, 0) is 0 Å². The van der Waals surface area contributed by atoms with Crippen LogP contribution in [0, 0.1) is 0 Å². The Kier molecular flexibility index (Phi) is 3.82. The van der Waals surface area contributed by atoms with E-state index in [1.807, 2.05) is 36.7 Å². The molecule has 4 aromatic carbocycles. The maximum absolute atomic E-state index is 4.65. The average molecular weight is 382 g/mol. The number of fused-ring (bicyclic) bond motifs is 5. The van der Waals surface area contributed by atoms with E-state index in [0.29, 0.717) is 0 Å². The highest BCUT2D eigenvalue weighted by Crippen LogP contribution is 2.40. The lowest BCUT2D eigenvalue weighted by atomic mass is 9.90. The Bertz CT molecular complexity index is 1410. The zero-order valence-corrected chi connectivity index (χ0v) is 16.3. The van der Waals surface area contributed by atoms with Crippen LogP contribution in [-0.4, -0.2) is 9.97 Å². The SMILES string of the molecule is c1ccc(-c2cccc3ccc4ccc5cccc(-c6ccccn6)c5c4c23)nc1. The van der Waals surface area contributed by atoms with Crippen molar-refractivity contribution in [3.05, 3.63) is 109 Å². The smallest absolute Gasteiger partial charge is 0.0708 e. The predicted molar refractivity (Wildman–Crippen MR) is 125 cm³/mol. The summed E-state index contributed by atoms with van der Waals surface area (Å²) in [6.45, 7) is 0. The van der Waals surface area contributed by atoms with E-state index in [9.17, 15) is 0 Å².